The molecule has 0 bridgehead atoms. The van der Waals surface area contributed by atoms with Crippen LogP contribution >= 0.6 is 0 Å². The third-order valence-electron chi connectivity index (χ3n) is 2.63. The SMILES string of the molecule is C=CCNC(=O)N1CC(c2ccccc2)OC1=O. The number of hydrogen-bond donors (Lipinski definition) is 1. The summed E-state index contributed by atoms with van der Waals surface area (Å²) in [4.78, 5) is 24.3. The minimum Gasteiger partial charge on any atom is -0.439 e. The third kappa shape index (κ3) is 2.51. The minimum atomic E-state index is -0.620. The third-order valence-corrected chi connectivity index (χ3v) is 2.63. The summed E-state index contributed by atoms with van der Waals surface area (Å²) in [5.41, 5.74) is 0.880. The Morgan fingerprint density at radius 1 is 1.50 bits per heavy atom. The predicted molar refractivity (Wildman–Crippen MR) is 66.0 cm³/mol. The van der Waals surface area contributed by atoms with Crippen LogP contribution in [0.25, 0.3) is 0 Å². The van der Waals surface area contributed by atoms with Crippen LogP contribution in [0.5, 0.6) is 0 Å². The highest BCUT2D eigenvalue weighted by Crippen LogP contribution is 2.25. The van der Waals surface area contributed by atoms with Crippen molar-refractivity contribution in [2.45, 2.75) is 6.10 Å². The Kier molecular flexibility index (Phi) is 3.62. The van der Waals surface area contributed by atoms with Gasteiger partial charge in [-0.15, -0.1) is 6.58 Å². The summed E-state index contributed by atoms with van der Waals surface area (Å²) in [5.74, 6) is 0. The molecule has 1 heterocycles. The summed E-state index contributed by atoms with van der Waals surface area (Å²) in [6.07, 6.45) is 0.534. The highest BCUT2D eigenvalue weighted by atomic mass is 16.6. The number of nitrogens with zero attached hydrogens (tertiary/aromatic N) is 1. The molecule has 5 nitrogen and oxygen atoms in total. The van der Waals surface area contributed by atoms with Crippen molar-refractivity contribution in [3.8, 4) is 0 Å². The maximum atomic E-state index is 11.7. The lowest BCUT2D eigenvalue weighted by Crippen LogP contribution is -2.40. The highest BCUT2D eigenvalue weighted by molar-refractivity contribution is 5.92. The zero-order chi connectivity index (χ0) is 13.0. The van der Waals surface area contributed by atoms with E-state index < -0.39 is 18.2 Å². The first kappa shape index (κ1) is 12.2. The van der Waals surface area contributed by atoms with E-state index in [1.165, 1.54) is 0 Å². The molecular weight excluding hydrogens is 232 g/mol. The summed E-state index contributed by atoms with van der Waals surface area (Å²) < 4.78 is 5.16. The molecule has 94 valence electrons. The van der Waals surface area contributed by atoms with Crippen molar-refractivity contribution in [3.05, 3.63) is 48.6 Å². The summed E-state index contributed by atoms with van der Waals surface area (Å²) in [7, 11) is 0. The second-order valence-corrected chi connectivity index (χ2v) is 3.87. The fourth-order valence-corrected chi connectivity index (χ4v) is 1.72. The van der Waals surface area contributed by atoms with Crippen LogP contribution < -0.4 is 5.32 Å². The number of carbonyl (C=O) groups excluding carboxylic acids is 2. The standard InChI is InChI=1S/C13H14N2O3/c1-2-8-14-12(16)15-9-11(18-13(15)17)10-6-4-3-5-7-10/h2-7,11H,1,8-9H2,(H,14,16). The van der Waals surface area contributed by atoms with E-state index in [1.54, 1.807) is 6.08 Å². The van der Waals surface area contributed by atoms with E-state index in [1.807, 2.05) is 30.3 Å². The average molecular weight is 246 g/mol. The molecule has 0 spiro atoms. The largest absolute Gasteiger partial charge is 0.439 e. The smallest absolute Gasteiger partial charge is 0.418 e. The van der Waals surface area contributed by atoms with Crippen LogP contribution in [0.2, 0.25) is 0 Å². The molecule has 1 atom stereocenters. The van der Waals surface area contributed by atoms with Gasteiger partial charge in [0.1, 0.15) is 6.10 Å². The molecule has 0 aromatic heterocycles. The average Bonchev–Trinajstić information content (AvgIpc) is 2.79. The van der Waals surface area contributed by atoms with Crippen molar-refractivity contribution in [1.29, 1.82) is 0 Å². The molecule has 3 amide bonds. The fraction of sp³-hybridized carbons (Fsp3) is 0.231. The van der Waals surface area contributed by atoms with Crippen LogP contribution in [0, 0.1) is 0 Å². The van der Waals surface area contributed by atoms with E-state index in [2.05, 4.69) is 11.9 Å². The van der Waals surface area contributed by atoms with E-state index in [0.29, 0.717) is 6.54 Å². The molecule has 5 heteroatoms. The fourth-order valence-electron chi connectivity index (χ4n) is 1.72. The van der Waals surface area contributed by atoms with Gasteiger partial charge in [0, 0.05) is 6.54 Å². The van der Waals surface area contributed by atoms with Gasteiger partial charge in [-0.25, -0.2) is 14.5 Å². The Labute approximate surface area is 105 Å². The van der Waals surface area contributed by atoms with Crippen molar-refractivity contribution in [2.24, 2.45) is 0 Å². The van der Waals surface area contributed by atoms with E-state index in [4.69, 9.17) is 4.74 Å². The second-order valence-electron chi connectivity index (χ2n) is 3.87. The zero-order valence-corrected chi connectivity index (χ0v) is 9.83. The number of imide groups is 1. The van der Waals surface area contributed by atoms with Gasteiger partial charge >= 0.3 is 12.1 Å². The molecule has 1 aromatic rings. The number of carbonyl (C=O) groups is 2. The van der Waals surface area contributed by atoms with Crippen molar-refractivity contribution in [1.82, 2.24) is 10.2 Å². The van der Waals surface area contributed by atoms with E-state index in [-0.39, 0.29) is 6.54 Å². The van der Waals surface area contributed by atoms with E-state index in [9.17, 15) is 9.59 Å². The van der Waals surface area contributed by atoms with Gasteiger partial charge in [-0.2, -0.15) is 0 Å². The van der Waals surface area contributed by atoms with Crippen molar-refractivity contribution in [3.63, 3.8) is 0 Å². The molecule has 1 aliphatic heterocycles. The molecule has 1 aliphatic rings. The van der Waals surface area contributed by atoms with Gasteiger partial charge in [0.15, 0.2) is 0 Å². The first-order chi connectivity index (χ1) is 8.72. The Hall–Kier alpha value is -2.30. The van der Waals surface area contributed by atoms with Gasteiger partial charge in [0.2, 0.25) is 0 Å². The lowest BCUT2D eigenvalue weighted by Gasteiger charge is -2.11. The minimum absolute atomic E-state index is 0.228. The molecule has 1 fully saturated rings. The van der Waals surface area contributed by atoms with Gasteiger partial charge in [-0.1, -0.05) is 36.4 Å². The van der Waals surface area contributed by atoms with Gasteiger partial charge < -0.3 is 10.1 Å². The maximum absolute atomic E-state index is 11.7. The number of nitrogens with one attached hydrogen (secondary N) is 1. The van der Waals surface area contributed by atoms with Crippen LogP contribution in [0.4, 0.5) is 9.59 Å². The van der Waals surface area contributed by atoms with E-state index in [0.717, 1.165) is 10.5 Å². The van der Waals surface area contributed by atoms with Gasteiger partial charge in [-0.05, 0) is 5.56 Å². The Morgan fingerprint density at radius 3 is 2.89 bits per heavy atom. The van der Waals surface area contributed by atoms with Crippen LogP contribution in [-0.2, 0) is 4.74 Å². The lowest BCUT2D eigenvalue weighted by molar-refractivity contribution is 0.134. The molecule has 1 aromatic carbocycles. The molecule has 0 saturated carbocycles. The zero-order valence-electron chi connectivity index (χ0n) is 9.83. The Morgan fingerprint density at radius 2 is 2.22 bits per heavy atom. The number of rotatable bonds is 3. The Balaban J connectivity index is 2.03. The summed E-state index contributed by atoms with van der Waals surface area (Å²) in [6.45, 7) is 4.04. The lowest BCUT2D eigenvalue weighted by atomic mass is 10.1. The van der Waals surface area contributed by atoms with Crippen molar-refractivity contribution < 1.29 is 14.3 Å². The first-order valence-corrected chi connectivity index (χ1v) is 5.64. The molecule has 18 heavy (non-hydrogen) atoms. The molecule has 1 saturated heterocycles. The number of urea groups is 1. The number of hydrogen-bond acceptors (Lipinski definition) is 3. The molecular formula is C13H14N2O3. The van der Waals surface area contributed by atoms with E-state index >= 15 is 0 Å². The topological polar surface area (TPSA) is 58.6 Å². The number of cyclic esters (lactones) is 1. The highest BCUT2D eigenvalue weighted by Gasteiger charge is 2.36. The predicted octanol–water partition coefficient (Wildman–Crippen LogP) is 2.08. The normalized spacial score (nSPS) is 18.3. The molecule has 1 unspecified atom stereocenters. The van der Waals surface area contributed by atoms with Crippen LogP contribution in [0.1, 0.15) is 11.7 Å². The maximum Gasteiger partial charge on any atom is 0.418 e. The van der Waals surface area contributed by atoms with Crippen molar-refractivity contribution in [2.75, 3.05) is 13.1 Å². The van der Waals surface area contributed by atoms with Crippen LogP contribution in [-0.4, -0.2) is 30.1 Å². The van der Waals surface area contributed by atoms with Gasteiger partial charge in [-0.3, -0.25) is 0 Å². The molecule has 1 N–H and O–H groups in total. The molecule has 0 radical (unpaired) electrons. The monoisotopic (exact) mass is 246 g/mol. The molecule has 2 rings (SSSR count). The first-order valence-electron chi connectivity index (χ1n) is 5.64. The summed E-state index contributed by atoms with van der Waals surface area (Å²) in [6, 6.07) is 8.88. The number of amides is 3. The number of benzene rings is 1. The summed E-state index contributed by atoms with van der Waals surface area (Å²) in [5, 5.41) is 2.54. The van der Waals surface area contributed by atoms with Gasteiger partial charge in [0.25, 0.3) is 0 Å². The number of ether oxygens (including phenoxy) is 1. The quantitative estimate of drug-likeness (QED) is 0.831. The van der Waals surface area contributed by atoms with Crippen molar-refractivity contribution >= 4 is 12.1 Å². The van der Waals surface area contributed by atoms with Gasteiger partial charge in [0.05, 0.1) is 6.54 Å². The summed E-state index contributed by atoms with van der Waals surface area (Å²) >= 11 is 0. The second kappa shape index (κ2) is 5.35. The Bertz CT molecular complexity index is 459. The van der Waals surface area contributed by atoms with Crippen LogP contribution in [0.15, 0.2) is 43.0 Å². The van der Waals surface area contributed by atoms with Crippen LogP contribution in [0.3, 0.4) is 0 Å². The molecule has 0 aliphatic carbocycles.